The van der Waals surface area contributed by atoms with E-state index in [4.69, 9.17) is 4.74 Å². The first-order valence-electron chi connectivity index (χ1n) is 8.95. The third-order valence-electron chi connectivity index (χ3n) is 4.49. The molecule has 2 heterocycles. The van der Waals surface area contributed by atoms with Gasteiger partial charge in [-0.25, -0.2) is 4.39 Å². The lowest BCUT2D eigenvalue weighted by Gasteiger charge is -2.25. The number of nitrogens with zero attached hydrogens (tertiary/aromatic N) is 3. The van der Waals surface area contributed by atoms with Crippen molar-refractivity contribution in [1.29, 1.82) is 0 Å². The second kappa shape index (κ2) is 8.76. The van der Waals surface area contributed by atoms with E-state index in [1.165, 1.54) is 24.3 Å². The van der Waals surface area contributed by atoms with Gasteiger partial charge in [0.25, 0.3) is 5.91 Å². The molecule has 1 aromatic heterocycles. The lowest BCUT2D eigenvalue weighted by molar-refractivity contribution is -0.137. The molecule has 26 heavy (non-hydrogen) atoms. The van der Waals surface area contributed by atoms with Crippen molar-refractivity contribution < 1.29 is 13.9 Å². The number of pyridine rings is 1. The van der Waals surface area contributed by atoms with E-state index in [0.717, 1.165) is 31.7 Å². The lowest BCUT2D eigenvalue weighted by atomic mass is 10.3. The van der Waals surface area contributed by atoms with Crippen molar-refractivity contribution in [2.75, 3.05) is 26.2 Å². The molecule has 1 fully saturated rings. The summed E-state index contributed by atoms with van der Waals surface area (Å²) < 4.78 is 18.6. The maximum Gasteiger partial charge on any atom is 0.263 e. The van der Waals surface area contributed by atoms with E-state index in [1.54, 1.807) is 13.1 Å². The van der Waals surface area contributed by atoms with Gasteiger partial charge in [-0.05, 0) is 49.7 Å². The first kappa shape index (κ1) is 18.3. The average Bonchev–Trinajstić information content (AvgIpc) is 2.89. The van der Waals surface area contributed by atoms with E-state index in [2.05, 4.69) is 9.88 Å². The molecule has 0 spiro atoms. The first-order chi connectivity index (χ1) is 12.6. The summed E-state index contributed by atoms with van der Waals surface area (Å²) in [6, 6.07) is 11.7. The highest BCUT2D eigenvalue weighted by Gasteiger charge is 2.24. The molecule has 1 aliphatic heterocycles. The lowest BCUT2D eigenvalue weighted by Crippen LogP contribution is -2.42. The number of hydrogen-bond acceptors (Lipinski definition) is 4. The summed E-state index contributed by atoms with van der Waals surface area (Å²) in [5.74, 6) is 0.143. The molecule has 1 aliphatic rings. The van der Waals surface area contributed by atoms with E-state index in [-0.39, 0.29) is 11.7 Å². The monoisotopic (exact) mass is 357 g/mol. The fourth-order valence-corrected chi connectivity index (χ4v) is 3.09. The van der Waals surface area contributed by atoms with E-state index < -0.39 is 6.10 Å². The molecule has 1 saturated heterocycles. The third-order valence-corrected chi connectivity index (χ3v) is 4.49. The Hall–Kier alpha value is -2.47. The molecule has 0 N–H and O–H groups in total. The van der Waals surface area contributed by atoms with Gasteiger partial charge in [0, 0.05) is 38.9 Å². The summed E-state index contributed by atoms with van der Waals surface area (Å²) in [4.78, 5) is 21.2. The van der Waals surface area contributed by atoms with E-state index in [9.17, 15) is 9.18 Å². The molecular formula is C20H24FN3O2. The molecule has 0 aliphatic carbocycles. The molecule has 6 heteroatoms. The van der Waals surface area contributed by atoms with Crippen LogP contribution in [0.15, 0.2) is 48.7 Å². The summed E-state index contributed by atoms with van der Waals surface area (Å²) in [5, 5.41) is 0. The van der Waals surface area contributed by atoms with Gasteiger partial charge in [-0.2, -0.15) is 0 Å². The summed E-state index contributed by atoms with van der Waals surface area (Å²) in [5.41, 5.74) is 1.04. The molecule has 2 aromatic rings. The SMILES string of the molecule is C[C@@H](Oc1ccc(F)cc1)C(=O)N1CCCN(Cc2ccccn2)CC1. The van der Waals surface area contributed by atoms with Crippen LogP contribution in [-0.2, 0) is 11.3 Å². The number of carbonyl (C=O) groups is 1. The Labute approximate surface area is 153 Å². The fourth-order valence-electron chi connectivity index (χ4n) is 3.09. The minimum atomic E-state index is -0.595. The van der Waals surface area contributed by atoms with Crippen molar-refractivity contribution in [3.8, 4) is 5.75 Å². The largest absolute Gasteiger partial charge is 0.481 e. The second-order valence-corrected chi connectivity index (χ2v) is 6.49. The quantitative estimate of drug-likeness (QED) is 0.825. The van der Waals surface area contributed by atoms with Gasteiger partial charge in [0.1, 0.15) is 11.6 Å². The maximum absolute atomic E-state index is 13.0. The maximum atomic E-state index is 13.0. The van der Waals surface area contributed by atoms with Crippen LogP contribution in [0, 0.1) is 5.82 Å². The van der Waals surface area contributed by atoms with Crippen LogP contribution in [0.5, 0.6) is 5.75 Å². The van der Waals surface area contributed by atoms with Crippen LogP contribution < -0.4 is 4.74 Å². The van der Waals surface area contributed by atoms with Gasteiger partial charge < -0.3 is 9.64 Å². The standard InChI is InChI=1S/C20H24FN3O2/c1-16(26-19-8-6-17(21)7-9-19)20(25)24-12-4-11-23(13-14-24)15-18-5-2-3-10-22-18/h2-3,5-10,16H,4,11-15H2,1H3/t16-/m1/s1. The van der Waals surface area contributed by atoms with Crippen molar-refractivity contribution in [3.63, 3.8) is 0 Å². The molecule has 138 valence electrons. The third kappa shape index (κ3) is 5.02. The minimum Gasteiger partial charge on any atom is -0.481 e. The van der Waals surface area contributed by atoms with Crippen LogP contribution in [0.1, 0.15) is 19.0 Å². The molecule has 1 atom stereocenters. The highest BCUT2D eigenvalue weighted by atomic mass is 19.1. The highest BCUT2D eigenvalue weighted by molar-refractivity contribution is 5.81. The van der Waals surface area contributed by atoms with Crippen LogP contribution in [0.3, 0.4) is 0 Å². The van der Waals surface area contributed by atoms with Crippen LogP contribution in [0.25, 0.3) is 0 Å². The van der Waals surface area contributed by atoms with Crippen LogP contribution in [0.2, 0.25) is 0 Å². The second-order valence-electron chi connectivity index (χ2n) is 6.49. The fraction of sp³-hybridized carbons (Fsp3) is 0.400. The predicted molar refractivity (Wildman–Crippen MR) is 97.2 cm³/mol. The van der Waals surface area contributed by atoms with Crippen molar-refractivity contribution in [2.45, 2.75) is 26.0 Å². The summed E-state index contributed by atoms with van der Waals surface area (Å²) in [7, 11) is 0. The molecule has 0 radical (unpaired) electrons. The number of ether oxygens (including phenoxy) is 1. The molecule has 0 bridgehead atoms. The summed E-state index contributed by atoms with van der Waals surface area (Å²) >= 11 is 0. The Morgan fingerprint density at radius 2 is 1.96 bits per heavy atom. The molecule has 0 saturated carbocycles. The van der Waals surface area contributed by atoms with Crippen LogP contribution >= 0.6 is 0 Å². The van der Waals surface area contributed by atoms with Crippen molar-refractivity contribution >= 4 is 5.91 Å². The molecular weight excluding hydrogens is 333 g/mol. The Kier molecular flexibility index (Phi) is 6.17. The minimum absolute atomic E-state index is 0.0333. The Bertz CT molecular complexity index is 709. The Morgan fingerprint density at radius 1 is 1.15 bits per heavy atom. The number of aromatic nitrogens is 1. The van der Waals surface area contributed by atoms with Gasteiger partial charge in [0.15, 0.2) is 6.10 Å². The number of halogens is 1. The molecule has 1 amide bonds. The van der Waals surface area contributed by atoms with Crippen molar-refractivity contribution in [2.24, 2.45) is 0 Å². The van der Waals surface area contributed by atoms with Gasteiger partial charge in [0.05, 0.1) is 5.69 Å². The van der Waals surface area contributed by atoms with Gasteiger partial charge in [0.2, 0.25) is 0 Å². The average molecular weight is 357 g/mol. The smallest absolute Gasteiger partial charge is 0.263 e. The van der Waals surface area contributed by atoms with Gasteiger partial charge >= 0.3 is 0 Å². The van der Waals surface area contributed by atoms with Gasteiger partial charge in [-0.15, -0.1) is 0 Å². The summed E-state index contributed by atoms with van der Waals surface area (Å²) in [6.45, 7) is 5.67. The first-order valence-corrected chi connectivity index (χ1v) is 8.95. The van der Waals surface area contributed by atoms with E-state index in [1.807, 2.05) is 23.1 Å². The number of rotatable bonds is 5. The van der Waals surface area contributed by atoms with Gasteiger partial charge in [-0.1, -0.05) is 6.07 Å². The zero-order valence-corrected chi connectivity index (χ0v) is 15.0. The molecule has 5 nitrogen and oxygen atoms in total. The van der Waals surface area contributed by atoms with Crippen LogP contribution in [-0.4, -0.2) is 53.0 Å². The molecule has 1 aromatic carbocycles. The number of hydrogen-bond donors (Lipinski definition) is 0. The number of benzene rings is 1. The number of carbonyl (C=O) groups excluding carboxylic acids is 1. The summed E-state index contributed by atoms with van der Waals surface area (Å²) in [6.07, 6.45) is 2.13. The molecule has 3 rings (SSSR count). The normalized spacial score (nSPS) is 16.8. The van der Waals surface area contributed by atoms with Crippen LogP contribution in [0.4, 0.5) is 4.39 Å². The zero-order chi connectivity index (χ0) is 18.4. The Balaban J connectivity index is 1.52. The topological polar surface area (TPSA) is 45.7 Å². The van der Waals surface area contributed by atoms with Gasteiger partial charge in [-0.3, -0.25) is 14.7 Å². The van der Waals surface area contributed by atoms with Crippen molar-refractivity contribution in [3.05, 3.63) is 60.2 Å². The van der Waals surface area contributed by atoms with E-state index in [0.29, 0.717) is 18.8 Å². The predicted octanol–water partition coefficient (Wildman–Crippen LogP) is 2.72. The zero-order valence-electron chi connectivity index (χ0n) is 15.0. The van der Waals surface area contributed by atoms with E-state index >= 15 is 0 Å². The highest BCUT2D eigenvalue weighted by Crippen LogP contribution is 2.15. The van der Waals surface area contributed by atoms with Crippen molar-refractivity contribution in [1.82, 2.24) is 14.8 Å². The Morgan fingerprint density at radius 3 is 2.69 bits per heavy atom. The molecule has 0 unspecified atom stereocenters. The number of amides is 1.